The first-order chi connectivity index (χ1) is 6.56. The van der Waals surface area contributed by atoms with Crippen LogP contribution < -0.4 is 5.73 Å². The first-order valence-electron chi connectivity index (χ1n) is 4.61. The summed E-state index contributed by atoms with van der Waals surface area (Å²) in [6.45, 7) is 3.86. The fourth-order valence-corrected chi connectivity index (χ4v) is 1.62. The lowest BCUT2D eigenvalue weighted by atomic mass is 9.95. The second-order valence-electron chi connectivity index (χ2n) is 3.37. The molecule has 0 spiro atoms. The van der Waals surface area contributed by atoms with Gasteiger partial charge in [-0.15, -0.1) is 0 Å². The second-order valence-corrected chi connectivity index (χ2v) is 3.78. The zero-order valence-corrected chi connectivity index (χ0v) is 9.14. The number of primary amides is 1. The molecule has 14 heavy (non-hydrogen) atoms. The molecule has 0 aliphatic heterocycles. The van der Waals surface area contributed by atoms with Crippen molar-refractivity contribution in [2.75, 3.05) is 0 Å². The summed E-state index contributed by atoms with van der Waals surface area (Å²) in [4.78, 5) is 11.1. The van der Waals surface area contributed by atoms with Gasteiger partial charge in [0.25, 0.3) is 0 Å². The molecule has 1 aromatic rings. The highest BCUT2D eigenvalue weighted by Crippen LogP contribution is 2.24. The van der Waals surface area contributed by atoms with Gasteiger partial charge < -0.3 is 5.73 Å². The lowest BCUT2D eigenvalue weighted by Crippen LogP contribution is -2.20. The number of amides is 1. The molecule has 1 aromatic carbocycles. The summed E-state index contributed by atoms with van der Waals surface area (Å²) in [5, 5.41) is 0.683. The summed E-state index contributed by atoms with van der Waals surface area (Å²) >= 11 is 5.97. The van der Waals surface area contributed by atoms with E-state index in [1.54, 1.807) is 0 Å². The molecule has 0 aliphatic rings. The monoisotopic (exact) mass is 211 g/mol. The summed E-state index contributed by atoms with van der Waals surface area (Å²) in [7, 11) is 0. The quantitative estimate of drug-likeness (QED) is 0.821. The van der Waals surface area contributed by atoms with Crippen LogP contribution in [0.3, 0.4) is 0 Å². The highest BCUT2D eigenvalue weighted by Gasteiger charge is 2.15. The number of benzene rings is 1. The Balaban J connectivity index is 3.06. The largest absolute Gasteiger partial charge is 0.369 e. The predicted octanol–water partition coefficient (Wildman–Crippen LogP) is 2.63. The first kappa shape index (κ1) is 11.1. The van der Waals surface area contributed by atoms with E-state index in [0.717, 1.165) is 11.1 Å². The zero-order valence-electron chi connectivity index (χ0n) is 8.38. The average molecular weight is 212 g/mol. The predicted molar refractivity (Wildman–Crippen MR) is 58.4 cm³/mol. The summed E-state index contributed by atoms with van der Waals surface area (Å²) in [6, 6.07) is 5.62. The number of halogens is 1. The van der Waals surface area contributed by atoms with Crippen molar-refractivity contribution in [3.05, 3.63) is 34.3 Å². The topological polar surface area (TPSA) is 43.1 Å². The maximum Gasteiger partial charge on any atom is 0.224 e. The molecule has 2 nitrogen and oxygen atoms in total. The number of rotatable bonds is 3. The molecule has 0 bridgehead atoms. The average Bonchev–Trinajstić information content (AvgIpc) is 2.11. The minimum atomic E-state index is -0.299. The van der Waals surface area contributed by atoms with Gasteiger partial charge in [0.05, 0.1) is 5.92 Å². The number of carbonyl (C=O) groups is 1. The second kappa shape index (κ2) is 4.47. The molecule has 76 valence electrons. The number of hydrogen-bond acceptors (Lipinski definition) is 1. The minimum Gasteiger partial charge on any atom is -0.369 e. The fourth-order valence-electron chi connectivity index (χ4n) is 1.43. The van der Waals surface area contributed by atoms with E-state index in [2.05, 4.69) is 0 Å². The molecule has 1 atom stereocenters. The number of carbonyl (C=O) groups excluding carboxylic acids is 1. The number of hydrogen-bond donors (Lipinski definition) is 1. The van der Waals surface area contributed by atoms with Crippen molar-refractivity contribution in [1.82, 2.24) is 0 Å². The molecule has 1 amide bonds. The maximum atomic E-state index is 11.1. The lowest BCUT2D eigenvalue weighted by molar-refractivity contribution is -0.119. The smallest absolute Gasteiger partial charge is 0.224 e. The molecule has 1 rings (SSSR count). The third kappa shape index (κ3) is 2.26. The Bertz CT molecular complexity index is 349. The van der Waals surface area contributed by atoms with Gasteiger partial charge in [-0.05, 0) is 30.5 Å². The Morgan fingerprint density at radius 1 is 1.57 bits per heavy atom. The first-order valence-corrected chi connectivity index (χ1v) is 4.99. The van der Waals surface area contributed by atoms with Gasteiger partial charge in [0, 0.05) is 5.02 Å². The molecule has 2 N–H and O–H groups in total. The van der Waals surface area contributed by atoms with Crippen LogP contribution in [0.15, 0.2) is 18.2 Å². The Morgan fingerprint density at radius 2 is 2.21 bits per heavy atom. The highest BCUT2D eigenvalue weighted by atomic mass is 35.5. The van der Waals surface area contributed by atoms with Gasteiger partial charge in [-0.2, -0.15) is 0 Å². The SMILES string of the molecule is CCC(C(N)=O)c1ccc(C)c(Cl)c1. The molecule has 3 heteroatoms. The van der Waals surface area contributed by atoms with Gasteiger partial charge in [0.1, 0.15) is 0 Å². The van der Waals surface area contributed by atoms with Crippen LogP contribution in [-0.4, -0.2) is 5.91 Å². The van der Waals surface area contributed by atoms with Crippen molar-refractivity contribution in [2.45, 2.75) is 26.2 Å². The number of aryl methyl sites for hydroxylation is 1. The van der Waals surface area contributed by atoms with E-state index in [0.29, 0.717) is 11.4 Å². The molecule has 0 aliphatic carbocycles. The summed E-state index contributed by atoms with van der Waals surface area (Å²) < 4.78 is 0. The molecular formula is C11H14ClNO. The van der Waals surface area contributed by atoms with E-state index in [9.17, 15) is 4.79 Å². The van der Waals surface area contributed by atoms with E-state index in [1.165, 1.54) is 0 Å². The van der Waals surface area contributed by atoms with Crippen molar-refractivity contribution in [3.63, 3.8) is 0 Å². The van der Waals surface area contributed by atoms with E-state index in [4.69, 9.17) is 17.3 Å². The summed E-state index contributed by atoms with van der Waals surface area (Å²) in [6.07, 6.45) is 0.703. The van der Waals surface area contributed by atoms with Gasteiger partial charge in [-0.25, -0.2) is 0 Å². The Kier molecular flexibility index (Phi) is 3.53. The zero-order chi connectivity index (χ0) is 10.7. The standard InChI is InChI=1S/C11H14ClNO/c1-3-9(11(13)14)8-5-4-7(2)10(12)6-8/h4-6,9H,3H2,1-2H3,(H2,13,14). The van der Waals surface area contributed by atoms with Gasteiger partial charge in [0.2, 0.25) is 5.91 Å². The summed E-state index contributed by atoms with van der Waals surface area (Å²) in [5.74, 6) is -0.527. The highest BCUT2D eigenvalue weighted by molar-refractivity contribution is 6.31. The molecule has 0 heterocycles. The molecule has 1 unspecified atom stereocenters. The fraction of sp³-hybridized carbons (Fsp3) is 0.364. The molecule has 0 aromatic heterocycles. The van der Waals surface area contributed by atoms with Crippen molar-refractivity contribution in [1.29, 1.82) is 0 Å². The molecule has 0 fully saturated rings. The van der Waals surface area contributed by atoms with Crippen LogP contribution in [0.5, 0.6) is 0 Å². The van der Waals surface area contributed by atoms with Crippen molar-refractivity contribution in [2.24, 2.45) is 5.73 Å². The number of nitrogens with two attached hydrogens (primary N) is 1. The van der Waals surface area contributed by atoms with E-state index >= 15 is 0 Å². The molecule has 0 saturated carbocycles. The van der Waals surface area contributed by atoms with Gasteiger partial charge in [-0.3, -0.25) is 4.79 Å². The molecule has 0 saturated heterocycles. The van der Waals surface area contributed by atoms with Gasteiger partial charge in [-0.1, -0.05) is 30.7 Å². The lowest BCUT2D eigenvalue weighted by Gasteiger charge is -2.12. The Labute approximate surface area is 89.1 Å². The van der Waals surface area contributed by atoms with Crippen LogP contribution in [0.4, 0.5) is 0 Å². The van der Waals surface area contributed by atoms with Crippen LogP contribution >= 0.6 is 11.6 Å². The molecular weight excluding hydrogens is 198 g/mol. The minimum absolute atomic E-state index is 0.229. The van der Waals surface area contributed by atoms with Crippen molar-refractivity contribution < 1.29 is 4.79 Å². The van der Waals surface area contributed by atoms with Crippen LogP contribution in [0.1, 0.15) is 30.4 Å². The van der Waals surface area contributed by atoms with Crippen LogP contribution in [-0.2, 0) is 4.79 Å². The summed E-state index contributed by atoms with van der Waals surface area (Å²) in [5.41, 5.74) is 7.19. The van der Waals surface area contributed by atoms with Crippen LogP contribution in [0.25, 0.3) is 0 Å². The molecule has 0 radical (unpaired) electrons. The maximum absolute atomic E-state index is 11.1. The van der Waals surface area contributed by atoms with Gasteiger partial charge in [0.15, 0.2) is 0 Å². The van der Waals surface area contributed by atoms with E-state index in [1.807, 2.05) is 32.0 Å². The Morgan fingerprint density at radius 3 is 2.64 bits per heavy atom. The third-order valence-electron chi connectivity index (χ3n) is 2.35. The van der Waals surface area contributed by atoms with Crippen molar-refractivity contribution >= 4 is 17.5 Å². The normalized spacial score (nSPS) is 12.5. The van der Waals surface area contributed by atoms with Gasteiger partial charge >= 0.3 is 0 Å². The van der Waals surface area contributed by atoms with Crippen LogP contribution in [0.2, 0.25) is 5.02 Å². The van der Waals surface area contributed by atoms with Crippen LogP contribution in [0, 0.1) is 6.92 Å². The van der Waals surface area contributed by atoms with Crippen molar-refractivity contribution in [3.8, 4) is 0 Å². The Hall–Kier alpha value is -1.02. The van der Waals surface area contributed by atoms with E-state index < -0.39 is 0 Å². The third-order valence-corrected chi connectivity index (χ3v) is 2.76. The van der Waals surface area contributed by atoms with E-state index in [-0.39, 0.29) is 11.8 Å².